The van der Waals surface area contributed by atoms with Gasteiger partial charge in [0.05, 0.1) is 4.90 Å². The number of nitrogens with two attached hydrogens (primary N) is 1. The molecule has 0 bridgehead atoms. The third kappa shape index (κ3) is 4.13. The first-order valence-electron chi connectivity index (χ1n) is 6.79. The number of hydrogen-bond donors (Lipinski definition) is 2. The molecule has 7 heteroatoms. The zero-order chi connectivity index (χ0) is 15.3. The fourth-order valence-electron chi connectivity index (χ4n) is 2.10. The normalized spacial score (nSPS) is 11.7. The fourth-order valence-corrected chi connectivity index (χ4v) is 3.40. The van der Waals surface area contributed by atoms with Gasteiger partial charge in [-0.3, -0.25) is 4.68 Å². The van der Waals surface area contributed by atoms with Crippen LogP contribution in [-0.2, 0) is 23.1 Å². The van der Waals surface area contributed by atoms with Crippen molar-refractivity contribution in [1.82, 2.24) is 14.5 Å². The highest BCUT2D eigenvalue weighted by molar-refractivity contribution is 7.89. The summed E-state index contributed by atoms with van der Waals surface area (Å²) in [5, 5.41) is 4.07. The molecule has 0 spiro atoms. The van der Waals surface area contributed by atoms with E-state index in [2.05, 4.69) is 9.82 Å². The van der Waals surface area contributed by atoms with E-state index in [0.717, 1.165) is 5.56 Å². The molecule has 2 rings (SSSR count). The molecule has 0 aliphatic rings. The Morgan fingerprint density at radius 3 is 2.81 bits per heavy atom. The smallest absolute Gasteiger partial charge is 0.240 e. The van der Waals surface area contributed by atoms with E-state index in [-0.39, 0.29) is 0 Å². The lowest BCUT2D eigenvalue weighted by molar-refractivity contribution is 0.552. The molecular weight excluding hydrogens is 288 g/mol. The van der Waals surface area contributed by atoms with Crippen molar-refractivity contribution in [1.29, 1.82) is 0 Å². The Morgan fingerprint density at radius 2 is 2.19 bits per heavy atom. The second kappa shape index (κ2) is 6.84. The van der Waals surface area contributed by atoms with Crippen LogP contribution < -0.4 is 10.5 Å². The van der Waals surface area contributed by atoms with Crippen molar-refractivity contribution in [3.63, 3.8) is 0 Å². The highest BCUT2D eigenvalue weighted by atomic mass is 32.2. The molecule has 0 aliphatic heterocycles. The summed E-state index contributed by atoms with van der Waals surface area (Å²) in [6.45, 7) is 3.23. The van der Waals surface area contributed by atoms with Crippen LogP contribution in [0.25, 0.3) is 0 Å². The largest absolute Gasteiger partial charge is 0.326 e. The Balaban J connectivity index is 1.95. The Hall–Kier alpha value is -1.70. The first kappa shape index (κ1) is 15.7. The highest BCUT2D eigenvalue weighted by Gasteiger charge is 2.16. The minimum absolute atomic E-state index is 0.304. The second-order valence-electron chi connectivity index (χ2n) is 4.82. The molecule has 1 aromatic heterocycles. The van der Waals surface area contributed by atoms with E-state index >= 15 is 0 Å². The van der Waals surface area contributed by atoms with Crippen LogP contribution >= 0.6 is 0 Å². The van der Waals surface area contributed by atoms with Gasteiger partial charge in [-0.25, -0.2) is 13.1 Å². The molecule has 0 radical (unpaired) electrons. The number of aryl methyl sites for hydroxylation is 2. The van der Waals surface area contributed by atoms with Crippen LogP contribution in [0.15, 0.2) is 41.6 Å². The van der Waals surface area contributed by atoms with Crippen molar-refractivity contribution >= 4 is 10.0 Å². The van der Waals surface area contributed by atoms with Crippen LogP contribution in [0.2, 0.25) is 0 Å². The summed E-state index contributed by atoms with van der Waals surface area (Å²) >= 11 is 0. The molecule has 2 aromatic rings. The van der Waals surface area contributed by atoms with Gasteiger partial charge in [-0.2, -0.15) is 5.10 Å². The standard InChI is InChI=1S/C14H20N4O2S/c1-12-10-13(11-15)4-5-14(12)21(19,20)17-7-3-9-18-8-2-6-16-18/h2,4-6,8,10,17H,3,7,9,11,15H2,1H3. The SMILES string of the molecule is Cc1cc(CN)ccc1S(=O)(=O)NCCCn1cccn1. The average molecular weight is 308 g/mol. The molecule has 114 valence electrons. The van der Waals surface area contributed by atoms with Crippen LogP contribution in [0.1, 0.15) is 17.5 Å². The van der Waals surface area contributed by atoms with Crippen molar-refractivity contribution in [3.8, 4) is 0 Å². The summed E-state index contributed by atoms with van der Waals surface area (Å²) < 4.78 is 28.9. The Morgan fingerprint density at radius 1 is 1.38 bits per heavy atom. The van der Waals surface area contributed by atoms with Gasteiger partial charge < -0.3 is 5.73 Å². The zero-order valence-corrected chi connectivity index (χ0v) is 12.8. The monoisotopic (exact) mass is 308 g/mol. The molecule has 0 atom stereocenters. The fraction of sp³-hybridized carbons (Fsp3) is 0.357. The van der Waals surface area contributed by atoms with Gasteiger partial charge in [0.15, 0.2) is 0 Å². The molecule has 0 saturated carbocycles. The summed E-state index contributed by atoms with van der Waals surface area (Å²) in [5.74, 6) is 0. The molecule has 0 fully saturated rings. The van der Waals surface area contributed by atoms with E-state index in [1.807, 2.05) is 12.3 Å². The maximum Gasteiger partial charge on any atom is 0.240 e. The van der Waals surface area contributed by atoms with Gasteiger partial charge in [-0.15, -0.1) is 0 Å². The topological polar surface area (TPSA) is 90.0 Å². The molecule has 0 aliphatic carbocycles. The lowest BCUT2D eigenvalue weighted by Crippen LogP contribution is -2.26. The molecule has 0 amide bonds. The summed E-state index contributed by atoms with van der Waals surface area (Å²) in [5.41, 5.74) is 7.18. The van der Waals surface area contributed by atoms with Gasteiger partial charge >= 0.3 is 0 Å². The number of aromatic nitrogens is 2. The van der Waals surface area contributed by atoms with Crippen LogP contribution in [0.5, 0.6) is 0 Å². The second-order valence-corrected chi connectivity index (χ2v) is 6.56. The Kier molecular flexibility index (Phi) is 5.11. The van der Waals surface area contributed by atoms with Gasteiger partial charge in [0.1, 0.15) is 0 Å². The number of hydrogen-bond acceptors (Lipinski definition) is 4. The predicted molar refractivity (Wildman–Crippen MR) is 81.1 cm³/mol. The number of benzene rings is 1. The number of sulfonamides is 1. The Bertz CT molecular complexity index is 681. The lowest BCUT2D eigenvalue weighted by Gasteiger charge is -2.10. The van der Waals surface area contributed by atoms with Gasteiger partial charge in [0.2, 0.25) is 10.0 Å². The minimum atomic E-state index is -3.48. The Labute approximate surface area is 125 Å². The summed E-state index contributed by atoms with van der Waals surface area (Å²) in [6, 6.07) is 6.99. The van der Waals surface area contributed by atoms with E-state index in [0.29, 0.717) is 36.5 Å². The van der Waals surface area contributed by atoms with Crippen molar-refractivity contribution in [2.45, 2.75) is 31.3 Å². The predicted octanol–water partition coefficient (Wildman–Crippen LogP) is 1.02. The third-order valence-corrected chi connectivity index (χ3v) is 4.80. The highest BCUT2D eigenvalue weighted by Crippen LogP contribution is 2.16. The van der Waals surface area contributed by atoms with Crippen molar-refractivity contribution in [2.24, 2.45) is 5.73 Å². The summed E-state index contributed by atoms with van der Waals surface area (Å²) in [7, 11) is -3.48. The zero-order valence-electron chi connectivity index (χ0n) is 12.0. The van der Waals surface area contributed by atoms with E-state index in [4.69, 9.17) is 5.73 Å². The molecule has 6 nitrogen and oxygen atoms in total. The molecular formula is C14H20N4O2S. The van der Waals surface area contributed by atoms with Gasteiger partial charge in [0, 0.05) is 32.0 Å². The molecule has 1 aromatic carbocycles. The minimum Gasteiger partial charge on any atom is -0.326 e. The molecule has 0 saturated heterocycles. The lowest BCUT2D eigenvalue weighted by atomic mass is 10.1. The summed E-state index contributed by atoms with van der Waals surface area (Å²) in [4.78, 5) is 0.304. The van der Waals surface area contributed by atoms with Crippen molar-refractivity contribution in [3.05, 3.63) is 47.8 Å². The van der Waals surface area contributed by atoms with E-state index in [1.54, 1.807) is 36.0 Å². The molecule has 0 unspecified atom stereocenters. The summed E-state index contributed by atoms with van der Waals surface area (Å²) in [6.07, 6.45) is 4.23. The maximum atomic E-state index is 12.2. The van der Waals surface area contributed by atoms with E-state index in [1.165, 1.54) is 0 Å². The number of rotatable bonds is 7. The average Bonchev–Trinajstić information content (AvgIpc) is 2.96. The molecule has 21 heavy (non-hydrogen) atoms. The maximum absolute atomic E-state index is 12.2. The van der Waals surface area contributed by atoms with Crippen LogP contribution in [0.4, 0.5) is 0 Å². The van der Waals surface area contributed by atoms with Gasteiger partial charge in [-0.05, 0) is 36.6 Å². The first-order chi connectivity index (χ1) is 10.0. The first-order valence-corrected chi connectivity index (χ1v) is 8.28. The van der Waals surface area contributed by atoms with Crippen LogP contribution in [0.3, 0.4) is 0 Å². The van der Waals surface area contributed by atoms with E-state index in [9.17, 15) is 8.42 Å². The van der Waals surface area contributed by atoms with Gasteiger partial charge in [-0.1, -0.05) is 12.1 Å². The third-order valence-electron chi connectivity index (χ3n) is 3.18. The van der Waals surface area contributed by atoms with Gasteiger partial charge in [0.25, 0.3) is 0 Å². The quantitative estimate of drug-likeness (QED) is 0.747. The number of nitrogens with zero attached hydrogens (tertiary/aromatic N) is 2. The van der Waals surface area contributed by atoms with Crippen molar-refractivity contribution in [2.75, 3.05) is 6.54 Å². The molecule has 3 N–H and O–H groups in total. The molecule has 1 heterocycles. The van der Waals surface area contributed by atoms with Crippen LogP contribution in [0, 0.1) is 6.92 Å². The number of nitrogens with one attached hydrogen (secondary N) is 1. The van der Waals surface area contributed by atoms with Crippen molar-refractivity contribution < 1.29 is 8.42 Å². The van der Waals surface area contributed by atoms with E-state index < -0.39 is 10.0 Å². The van der Waals surface area contributed by atoms with Crippen LogP contribution in [-0.4, -0.2) is 24.7 Å².